The number of anilines is 1. The molecule has 0 amide bonds. The average molecular weight is 286 g/mol. The van der Waals surface area contributed by atoms with E-state index in [1.54, 1.807) is 6.20 Å². The van der Waals surface area contributed by atoms with Gasteiger partial charge in [-0.2, -0.15) is 0 Å². The summed E-state index contributed by atoms with van der Waals surface area (Å²) in [7, 11) is 4.02. The summed E-state index contributed by atoms with van der Waals surface area (Å²) in [6.45, 7) is 0. The highest BCUT2D eigenvalue weighted by Crippen LogP contribution is 2.30. The molecule has 2 aromatic rings. The summed E-state index contributed by atoms with van der Waals surface area (Å²) in [5, 5.41) is 2.59. The molecule has 0 saturated carbocycles. The first kappa shape index (κ1) is 10.7. The summed E-state index contributed by atoms with van der Waals surface area (Å²) < 4.78 is 0.964. The fraction of sp³-hybridized carbons (Fsp3) is 0.182. The maximum absolute atomic E-state index is 6.02. The van der Waals surface area contributed by atoms with Crippen molar-refractivity contribution in [3.63, 3.8) is 0 Å². The predicted molar refractivity (Wildman–Crippen MR) is 68.8 cm³/mol. The fourth-order valence-corrected chi connectivity index (χ4v) is 2.08. The SMILES string of the molecule is CN(C)c1ccc2c(Cl)ncc(Br)c2c1. The van der Waals surface area contributed by atoms with E-state index >= 15 is 0 Å². The summed E-state index contributed by atoms with van der Waals surface area (Å²) >= 11 is 9.49. The Balaban J connectivity index is 2.76. The van der Waals surface area contributed by atoms with Gasteiger partial charge in [0.25, 0.3) is 0 Å². The van der Waals surface area contributed by atoms with Crippen molar-refractivity contribution in [2.45, 2.75) is 0 Å². The van der Waals surface area contributed by atoms with Crippen LogP contribution in [0.15, 0.2) is 28.9 Å². The minimum absolute atomic E-state index is 0.540. The maximum Gasteiger partial charge on any atom is 0.136 e. The lowest BCUT2D eigenvalue weighted by atomic mass is 10.1. The summed E-state index contributed by atoms with van der Waals surface area (Å²) in [5.41, 5.74) is 1.14. The molecule has 0 bridgehead atoms. The minimum atomic E-state index is 0.540. The third-order valence-electron chi connectivity index (χ3n) is 2.29. The highest BCUT2D eigenvalue weighted by Gasteiger charge is 2.05. The van der Waals surface area contributed by atoms with E-state index in [-0.39, 0.29) is 0 Å². The van der Waals surface area contributed by atoms with Crippen LogP contribution in [0.1, 0.15) is 0 Å². The van der Waals surface area contributed by atoms with Crippen molar-refractivity contribution >= 4 is 44.0 Å². The first-order valence-electron chi connectivity index (χ1n) is 4.50. The van der Waals surface area contributed by atoms with Gasteiger partial charge in [0, 0.05) is 41.2 Å². The molecule has 0 unspecified atom stereocenters. The summed E-state index contributed by atoms with van der Waals surface area (Å²) in [6.07, 6.45) is 1.73. The van der Waals surface area contributed by atoms with Gasteiger partial charge in [-0.05, 0) is 34.1 Å². The van der Waals surface area contributed by atoms with Crippen molar-refractivity contribution in [1.82, 2.24) is 4.98 Å². The third kappa shape index (κ3) is 1.94. The number of halogens is 2. The molecule has 2 nitrogen and oxygen atoms in total. The lowest BCUT2D eigenvalue weighted by Gasteiger charge is -2.13. The highest BCUT2D eigenvalue weighted by atomic mass is 79.9. The molecule has 78 valence electrons. The van der Waals surface area contributed by atoms with E-state index in [0.29, 0.717) is 5.15 Å². The number of fused-ring (bicyclic) bond motifs is 1. The number of rotatable bonds is 1. The molecule has 1 aromatic carbocycles. The molecule has 0 spiro atoms. The van der Waals surface area contributed by atoms with Crippen molar-refractivity contribution in [2.75, 3.05) is 19.0 Å². The summed E-state index contributed by atoms with van der Waals surface area (Å²) in [6, 6.07) is 6.11. The first-order valence-corrected chi connectivity index (χ1v) is 5.68. The number of aromatic nitrogens is 1. The molecule has 1 heterocycles. The number of benzene rings is 1. The number of nitrogens with zero attached hydrogens (tertiary/aromatic N) is 2. The molecule has 2 rings (SSSR count). The Bertz CT molecular complexity index is 511. The van der Waals surface area contributed by atoms with Crippen LogP contribution in [0.3, 0.4) is 0 Å². The van der Waals surface area contributed by atoms with E-state index < -0.39 is 0 Å². The van der Waals surface area contributed by atoms with Gasteiger partial charge in [-0.25, -0.2) is 4.98 Å². The van der Waals surface area contributed by atoms with E-state index in [9.17, 15) is 0 Å². The Hall–Kier alpha value is -0.800. The second kappa shape index (κ2) is 3.99. The van der Waals surface area contributed by atoms with E-state index in [2.05, 4.69) is 31.9 Å². The molecule has 0 aliphatic rings. The molecule has 0 aliphatic heterocycles. The lowest BCUT2D eigenvalue weighted by Crippen LogP contribution is -2.08. The topological polar surface area (TPSA) is 16.1 Å². The Morgan fingerprint density at radius 3 is 2.67 bits per heavy atom. The molecule has 0 aliphatic carbocycles. The Morgan fingerprint density at radius 2 is 2.00 bits per heavy atom. The van der Waals surface area contributed by atoms with Crippen molar-refractivity contribution in [3.8, 4) is 0 Å². The Labute approximate surface area is 102 Å². The van der Waals surface area contributed by atoms with Crippen LogP contribution in [0.5, 0.6) is 0 Å². The van der Waals surface area contributed by atoms with E-state index in [0.717, 1.165) is 20.9 Å². The van der Waals surface area contributed by atoms with Crippen LogP contribution in [0.25, 0.3) is 10.8 Å². The molecule has 15 heavy (non-hydrogen) atoms. The zero-order chi connectivity index (χ0) is 11.0. The molecule has 0 fully saturated rings. The highest BCUT2D eigenvalue weighted by molar-refractivity contribution is 9.10. The smallest absolute Gasteiger partial charge is 0.136 e. The summed E-state index contributed by atoms with van der Waals surface area (Å²) in [4.78, 5) is 6.14. The molecular weight excluding hydrogens is 275 g/mol. The van der Waals surface area contributed by atoms with Crippen LogP contribution in [0.2, 0.25) is 5.15 Å². The van der Waals surface area contributed by atoms with Crippen molar-refractivity contribution < 1.29 is 0 Å². The van der Waals surface area contributed by atoms with Gasteiger partial charge in [0.2, 0.25) is 0 Å². The van der Waals surface area contributed by atoms with Crippen molar-refractivity contribution in [3.05, 3.63) is 34.0 Å². The first-order chi connectivity index (χ1) is 7.09. The van der Waals surface area contributed by atoms with E-state index in [4.69, 9.17) is 11.6 Å². The summed E-state index contributed by atoms with van der Waals surface area (Å²) in [5.74, 6) is 0. The molecule has 4 heteroatoms. The van der Waals surface area contributed by atoms with Crippen LogP contribution >= 0.6 is 27.5 Å². The monoisotopic (exact) mass is 284 g/mol. The standard InChI is InChI=1S/C11H10BrClN2/c1-15(2)7-3-4-8-9(5-7)10(12)6-14-11(8)13/h3-6H,1-2H3. The average Bonchev–Trinajstić information content (AvgIpc) is 2.23. The van der Waals surface area contributed by atoms with Gasteiger partial charge >= 0.3 is 0 Å². The molecule has 0 saturated heterocycles. The van der Waals surface area contributed by atoms with Gasteiger partial charge < -0.3 is 4.90 Å². The van der Waals surface area contributed by atoms with Gasteiger partial charge in [0.05, 0.1) is 0 Å². The largest absolute Gasteiger partial charge is 0.378 e. The van der Waals surface area contributed by atoms with Gasteiger partial charge in [0.15, 0.2) is 0 Å². The second-order valence-electron chi connectivity index (χ2n) is 3.52. The van der Waals surface area contributed by atoms with Crippen LogP contribution in [0.4, 0.5) is 5.69 Å². The second-order valence-corrected chi connectivity index (χ2v) is 4.73. The van der Waals surface area contributed by atoms with Crippen LogP contribution in [-0.4, -0.2) is 19.1 Å². The molecule has 1 aromatic heterocycles. The quantitative estimate of drug-likeness (QED) is 0.743. The van der Waals surface area contributed by atoms with Gasteiger partial charge in [-0.3, -0.25) is 0 Å². The molecule has 0 N–H and O–H groups in total. The van der Waals surface area contributed by atoms with E-state index in [1.165, 1.54) is 0 Å². The predicted octanol–water partition coefficient (Wildman–Crippen LogP) is 3.72. The Morgan fingerprint density at radius 1 is 1.27 bits per heavy atom. The maximum atomic E-state index is 6.02. The Kier molecular flexibility index (Phi) is 2.85. The normalized spacial score (nSPS) is 10.7. The molecular formula is C11H10BrClN2. The molecule has 0 radical (unpaired) electrons. The third-order valence-corrected chi connectivity index (χ3v) is 3.22. The van der Waals surface area contributed by atoms with Crippen LogP contribution in [0, 0.1) is 0 Å². The molecule has 0 atom stereocenters. The van der Waals surface area contributed by atoms with Gasteiger partial charge in [0.1, 0.15) is 5.15 Å². The number of pyridine rings is 1. The van der Waals surface area contributed by atoms with Crippen molar-refractivity contribution in [1.29, 1.82) is 0 Å². The zero-order valence-electron chi connectivity index (χ0n) is 8.46. The van der Waals surface area contributed by atoms with E-state index in [1.807, 2.05) is 26.2 Å². The fourth-order valence-electron chi connectivity index (χ4n) is 1.44. The zero-order valence-corrected chi connectivity index (χ0v) is 10.8. The van der Waals surface area contributed by atoms with Gasteiger partial charge in [-0.1, -0.05) is 11.6 Å². The van der Waals surface area contributed by atoms with Gasteiger partial charge in [-0.15, -0.1) is 0 Å². The number of hydrogen-bond acceptors (Lipinski definition) is 2. The lowest BCUT2D eigenvalue weighted by molar-refractivity contribution is 1.13. The van der Waals surface area contributed by atoms with Crippen LogP contribution < -0.4 is 4.90 Å². The van der Waals surface area contributed by atoms with Crippen molar-refractivity contribution in [2.24, 2.45) is 0 Å². The number of hydrogen-bond donors (Lipinski definition) is 0. The van der Waals surface area contributed by atoms with Crippen LogP contribution in [-0.2, 0) is 0 Å². The minimum Gasteiger partial charge on any atom is -0.378 e.